The number of hydrogen-bond donors (Lipinski definition) is 2. The van der Waals surface area contributed by atoms with E-state index in [1.54, 1.807) is 36.4 Å². The van der Waals surface area contributed by atoms with Crippen molar-refractivity contribution in [3.8, 4) is 0 Å². The van der Waals surface area contributed by atoms with Gasteiger partial charge in [-0.25, -0.2) is 4.79 Å². The van der Waals surface area contributed by atoms with E-state index >= 15 is 0 Å². The van der Waals surface area contributed by atoms with E-state index in [4.69, 9.17) is 16.3 Å². The van der Waals surface area contributed by atoms with Crippen molar-refractivity contribution in [3.63, 3.8) is 0 Å². The lowest BCUT2D eigenvalue weighted by molar-refractivity contribution is 0.0602. The average Bonchev–Trinajstić information content (AvgIpc) is 2.62. The number of carbonyl (C=O) groups excluding carboxylic acids is 1. The fourth-order valence-corrected chi connectivity index (χ4v) is 2.32. The summed E-state index contributed by atoms with van der Waals surface area (Å²) in [6.45, 7) is 0. The fraction of sp³-hybridized carbons (Fsp3) is 0.0588. The Bertz CT molecular complexity index is 903. The maximum Gasteiger partial charge on any atom is 0.339 e. The number of aromatic nitrogens is 3. The number of para-hydroxylation sites is 1. The van der Waals surface area contributed by atoms with Crippen LogP contribution < -0.4 is 10.6 Å². The molecule has 25 heavy (non-hydrogen) atoms. The van der Waals surface area contributed by atoms with Gasteiger partial charge in [0.05, 0.1) is 24.6 Å². The summed E-state index contributed by atoms with van der Waals surface area (Å²) in [5, 5.41) is 14.5. The molecule has 0 amide bonds. The van der Waals surface area contributed by atoms with Crippen LogP contribution in [0.5, 0.6) is 0 Å². The lowest BCUT2D eigenvalue weighted by atomic mass is 10.2. The molecule has 1 heterocycles. The quantitative estimate of drug-likeness (QED) is 0.673. The van der Waals surface area contributed by atoms with Crippen molar-refractivity contribution in [3.05, 3.63) is 65.3 Å². The molecule has 3 rings (SSSR count). The number of nitrogens with one attached hydrogen (secondary N) is 2. The van der Waals surface area contributed by atoms with E-state index < -0.39 is 5.97 Å². The molecule has 0 spiro atoms. The molecule has 0 bridgehead atoms. The third-order valence-electron chi connectivity index (χ3n) is 3.23. The zero-order valence-corrected chi connectivity index (χ0v) is 14.0. The minimum Gasteiger partial charge on any atom is -0.465 e. The highest BCUT2D eigenvalue weighted by Gasteiger charge is 2.12. The highest BCUT2D eigenvalue weighted by atomic mass is 35.5. The Morgan fingerprint density at radius 3 is 2.76 bits per heavy atom. The number of anilines is 4. The molecule has 2 aromatic carbocycles. The third-order valence-corrected chi connectivity index (χ3v) is 3.47. The standard InChI is InChI=1S/C17H14ClN5O2/c1-25-16(24)13-7-2-3-8-14(13)21-15-10-19-23-17(22-15)20-12-6-4-5-11(18)9-12/h2-10H,1H3,(H2,20,21,22,23). The maximum atomic E-state index is 11.8. The van der Waals surface area contributed by atoms with Crippen molar-refractivity contribution in [2.45, 2.75) is 0 Å². The first-order valence-electron chi connectivity index (χ1n) is 7.32. The van der Waals surface area contributed by atoms with Gasteiger partial charge in [-0.05, 0) is 30.3 Å². The summed E-state index contributed by atoms with van der Waals surface area (Å²) in [6.07, 6.45) is 1.46. The van der Waals surface area contributed by atoms with Gasteiger partial charge >= 0.3 is 5.97 Å². The first-order valence-corrected chi connectivity index (χ1v) is 7.70. The predicted molar refractivity (Wildman–Crippen MR) is 95.6 cm³/mol. The van der Waals surface area contributed by atoms with Gasteiger partial charge in [-0.15, -0.1) is 5.10 Å². The zero-order valence-electron chi connectivity index (χ0n) is 13.2. The number of rotatable bonds is 5. The van der Waals surface area contributed by atoms with E-state index in [0.29, 0.717) is 28.0 Å². The molecule has 7 nitrogen and oxygen atoms in total. The van der Waals surface area contributed by atoms with Crippen molar-refractivity contribution in [2.24, 2.45) is 0 Å². The van der Waals surface area contributed by atoms with E-state index in [1.165, 1.54) is 13.3 Å². The van der Waals surface area contributed by atoms with Crippen LogP contribution >= 0.6 is 11.6 Å². The summed E-state index contributed by atoms with van der Waals surface area (Å²) in [6, 6.07) is 14.1. The second kappa shape index (κ2) is 7.59. The molecular weight excluding hydrogens is 342 g/mol. The van der Waals surface area contributed by atoms with Gasteiger partial charge in [0.2, 0.25) is 5.95 Å². The third kappa shape index (κ3) is 4.21. The first-order chi connectivity index (χ1) is 12.2. The molecule has 8 heteroatoms. The Hall–Kier alpha value is -3.19. The minimum atomic E-state index is -0.442. The number of ether oxygens (including phenoxy) is 1. The number of methoxy groups -OCH3 is 1. The SMILES string of the molecule is COC(=O)c1ccccc1Nc1cnnc(Nc2cccc(Cl)c2)n1. The van der Waals surface area contributed by atoms with Crippen molar-refractivity contribution in [1.82, 2.24) is 15.2 Å². The number of nitrogens with zero attached hydrogens (tertiary/aromatic N) is 3. The van der Waals surface area contributed by atoms with Crippen LogP contribution in [-0.2, 0) is 4.74 Å². The number of carbonyl (C=O) groups is 1. The van der Waals surface area contributed by atoms with Gasteiger partial charge in [-0.2, -0.15) is 10.1 Å². The number of hydrogen-bond acceptors (Lipinski definition) is 7. The number of esters is 1. The molecule has 0 unspecified atom stereocenters. The van der Waals surface area contributed by atoms with E-state index in [2.05, 4.69) is 25.8 Å². The van der Waals surface area contributed by atoms with E-state index in [0.717, 1.165) is 5.69 Å². The van der Waals surface area contributed by atoms with E-state index in [1.807, 2.05) is 12.1 Å². The van der Waals surface area contributed by atoms with Crippen LogP contribution in [0.25, 0.3) is 0 Å². The average molecular weight is 356 g/mol. The fourth-order valence-electron chi connectivity index (χ4n) is 2.13. The molecule has 0 saturated carbocycles. The van der Waals surface area contributed by atoms with E-state index in [9.17, 15) is 4.79 Å². The second-order valence-corrected chi connectivity index (χ2v) is 5.40. The van der Waals surface area contributed by atoms with Gasteiger partial charge in [0.1, 0.15) is 0 Å². The van der Waals surface area contributed by atoms with Crippen LogP contribution in [0.1, 0.15) is 10.4 Å². The van der Waals surface area contributed by atoms with Crippen LogP contribution in [-0.4, -0.2) is 28.3 Å². The molecule has 0 fully saturated rings. The molecule has 0 radical (unpaired) electrons. The Balaban J connectivity index is 1.82. The van der Waals surface area contributed by atoms with Crippen LogP contribution in [0.15, 0.2) is 54.7 Å². The Morgan fingerprint density at radius 2 is 1.96 bits per heavy atom. The molecule has 0 atom stereocenters. The topological polar surface area (TPSA) is 89.0 Å². The van der Waals surface area contributed by atoms with Gasteiger partial charge < -0.3 is 15.4 Å². The molecule has 126 valence electrons. The summed E-state index contributed by atoms with van der Waals surface area (Å²) < 4.78 is 4.78. The normalized spacial score (nSPS) is 10.2. The Labute approximate surface area is 149 Å². The van der Waals surface area contributed by atoms with Crippen LogP contribution in [0.4, 0.5) is 23.1 Å². The summed E-state index contributed by atoms with van der Waals surface area (Å²) in [7, 11) is 1.33. The second-order valence-electron chi connectivity index (χ2n) is 4.96. The van der Waals surface area contributed by atoms with Gasteiger partial charge in [0.15, 0.2) is 5.82 Å². The summed E-state index contributed by atoms with van der Waals surface area (Å²) in [5.41, 5.74) is 1.69. The van der Waals surface area contributed by atoms with Gasteiger partial charge in [0.25, 0.3) is 0 Å². The van der Waals surface area contributed by atoms with Crippen molar-refractivity contribution >= 4 is 40.7 Å². The molecular formula is C17H14ClN5O2. The first kappa shape index (κ1) is 16.7. The zero-order chi connectivity index (χ0) is 17.6. The minimum absolute atomic E-state index is 0.294. The van der Waals surface area contributed by atoms with Gasteiger partial charge in [-0.1, -0.05) is 29.8 Å². The maximum absolute atomic E-state index is 11.8. The summed E-state index contributed by atoms with van der Waals surface area (Å²) >= 11 is 5.96. The monoisotopic (exact) mass is 355 g/mol. The molecule has 0 aliphatic carbocycles. The van der Waals surface area contributed by atoms with Crippen LogP contribution in [0, 0.1) is 0 Å². The van der Waals surface area contributed by atoms with E-state index in [-0.39, 0.29) is 0 Å². The van der Waals surface area contributed by atoms with Crippen molar-refractivity contribution in [2.75, 3.05) is 17.7 Å². The molecule has 2 N–H and O–H groups in total. The molecule has 0 aliphatic heterocycles. The lowest BCUT2D eigenvalue weighted by Crippen LogP contribution is -2.07. The van der Waals surface area contributed by atoms with Gasteiger partial charge in [0, 0.05) is 10.7 Å². The van der Waals surface area contributed by atoms with Crippen LogP contribution in [0.3, 0.4) is 0 Å². The Morgan fingerprint density at radius 1 is 1.12 bits per heavy atom. The Kier molecular flexibility index (Phi) is 5.06. The highest BCUT2D eigenvalue weighted by molar-refractivity contribution is 6.30. The van der Waals surface area contributed by atoms with Crippen LogP contribution in [0.2, 0.25) is 5.02 Å². The highest BCUT2D eigenvalue weighted by Crippen LogP contribution is 2.22. The van der Waals surface area contributed by atoms with Crippen molar-refractivity contribution < 1.29 is 9.53 Å². The molecule has 0 aliphatic rings. The lowest BCUT2D eigenvalue weighted by Gasteiger charge is -2.10. The summed E-state index contributed by atoms with van der Waals surface area (Å²) in [4.78, 5) is 16.2. The molecule has 1 aromatic heterocycles. The largest absolute Gasteiger partial charge is 0.465 e. The smallest absolute Gasteiger partial charge is 0.339 e. The van der Waals surface area contributed by atoms with Gasteiger partial charge in [-0.3, -0.25) is 0 Å². The number of benzene rings is 2. The number of halogens is 1. The molecule has 3 aromatic rings. The summed E-state index contributed by atoms with van der Waals surface area (Å²) in [5.74, 6) is 0.279. The predicted octanol–water partition coefficient (Wildman–Crippen LogP) is 3.80. The van der Waals surface area contributed by atoms with Crippen molar-refractivity contribution in [1.29, 1.82) is 0 Å². The molecule has 0 saturated heterocycles.